The lowest BCUT2D eigenvalue weighted by Crippen LogP contribution is -2.44. The molecule has 0 aromatic heterocycles. The Hall–Kier alpha value is -3.23. The number of ether oxygens (including phenoxy) is 1. The highest BCUT2D eigenvalue weighted by molar-refractivity contribution is 6.11. The third kappa shape index (κ3) is 4.56. The molecule has 2 aromatic rings. The Kier molecular flexibility index (Phi) is 6.60. The third-order valence-corrected chi connectivity index (χ3v) is 6.86. The van der Waals surface area contributed by atoms with Crippen molar-refractivity contribution in [3.63, 3.8) is 0 Å². The van der Waals surface area contributed by atoms with Crippen LogP contribution in [0.5, 0.6) is 0 Å². The zero-order chi connectivity index (χ0) is 23.5. The third-order valence-electron chi connectivity index (χ3n) is 6.86. The van der Waals surface area contributed by atoms with Gasteiger partial charge in [0.1, 0.15) is 6.04 Å². The van der Waals surface area contributed by atoms with E-state index in [4.69, 9.17) is 4.74 Å². The number of nitrogens with one attached hydrogen (secondary N) is 1. The van der Waals surface area contributed by atoms with Gasteiger partial charge in [0.05, 0.1) is 31.0 Å². The monoisotopic (exact) mass is 462 g/mol. The van der Waals surface area contributed by atoms with Gasteiger partial charge < -0.3 is 19.9 Å². The number of carbonyl (C=O) groups excluding carboxylic acids is 3. The van der Waals surface area contributed by atoms with E-state index in [9.17, 15) is 14.4 Å². The van der Waals surface area contributed by atoms with Crippen LogP contribution in [0.3, 0.4) is 0 Å². The molecule has 8 heteroatoms. The van der Waals surface area contributed by atoms with Gasteiger partial charge in [-0.15, -0.1) is 0 Å². The number of rotatable bonds is 6. The van der Waals surface area contributed by atoms with E-state index >= 15 is 0 Å². The van der Waals surface area contributed by atoms with Gasteiger partial charge in [0.25, 0.3) is 11.8 Å². The van der Waals surface area contributed by atoms with Crippen LogP contribution in [-0.2, 0) is 16.1 Å². The van der Waals surface area contributed by atoms with E-state index < -0.39 is 6.04 Å². The maximum atomic E-state index is 13.4. The normalized spacial score (nSPS) is 20.6. The zero-order valence-corrected chi connectivity index (χ0v) is 19.2. The van der Waals surface area contributed by atoms with Crippen LogP contribution in [0.4, 0.5) is 5.69 Å². The van der Waals surface area contributed by atoms with E-state index in [1.165, 1.54) is 0 Å². The summed E-state index contributed by atoms with van der Waals surface area (Å²) in [6.07, 6.45) is 1.53. The Morgan fingerprint density at radius 2 is 1.76 bits per heavy atom. The summed E-state index contributed by atoms with van der Waals surface area (Å²) in [5, 5.41) is 2.98. The number of morpholine rings is 1. The molecule has 3 aliphatic heterocycles. The molecule has 0 bridgehead atoms. The first kappa shape index (κ1) is 22.6. The van der Waals surface area contributed by atoms with Gasteiger partial charge in [0.15, 0.2) is 0 Å². The number of hydrogen-bond donors (Lipinski definition) is 1. The van der Waals surface area contributed by atoms with E-state index in [-0.39, 0.29) is 17.7 Å². The molecular weight excluding hydrogens is 432 g/mol. The Morgan fingerprint density at radius 3 is 2.56 bits per heavy atom. The lowest BCUT2D eigenvalue weighted by atomic mass is 10.1. The fourth-order valence-electron chi connectivity index (χ4n) is 4.97. The average Bonchev–Trinajstić information content (AvgIpc) is 3.35. The molecule has 3 amide bonds. The molecule has 0 spiro atoms. The number of anilines is 1. The molecule has 1 unspecified atom stereocenters. The molecule has 178 valence electrons. The molecule has 2 saturated heterocycles. The van der Waals surface area contributed by atoms with Gasteiger partial charge in [-0.05, 0) is 42.7 Å². The molecule has 0 radical (unpaired) electrons. The van der Waals surface area contributed by atoms with Crippen molar-refractivity contribution in [1.82, 2.24) is 15.1 Å². The molecule has 1 N–H and O–H groups in total. The summed E-state index contributed by atoms with van der Waals surface area (Å²) < 4.78 is 5.35. The predicted octanol–water partition coefficient (Wildman–Crippen LogP) is 1.90. The van der Waals surface area contributed by atoms with E-state index in [0.29, 0.717) is 42.9 Å². The van der Waals surface area contributed by atoms with E-state index in [2.05, 4.69) is 10.2 Å². The minimum atomic E-state index is -0.406. The van der Waals surface area contributed by atoms with Gasteiger partial charge in [-0.3, -0.25) is 19.3 Å². The van der Waals surface area contributed by atoms with Crippen LogP contribution in [0.25, 0.3) is 0 Å². The van der Waals surface area contributed by atoms with Crippen LogP contribution >= 0.6 is 0 Å². The smallest absolute Gasteiger partial charge is 0.256 e. The van der Waals surface area contributed by atoms with Crippen LogP contribution in [0, 0.1) is 0 Å². The lowest BCUT2D eigenvalue weighted by molar-refractivity contribution is -0.122. The summed E-state index contributed by atoms with van der Waals surface area (Å²) in [6, 6.07) is 14.3. The van der Waals surface area contributed by atoms with Gasteiger partial charge in [0.2, 0.25) is 5.91 Å². The van der Waals surface area contributed by atoms with Crippen LogP contribution in [-0.4, -0.2) is 79.5 Å². The van der Waals surface area contributed by atoms with E-state index in [1.54, 1.807) is 28.0 Å². The first-order valence-electron chi connectivity index (χ1n) is 12.0. The number of hydrogen-bond acceptors (Lipinski definition) is 5. The number of carbonyl (C=O) groups is 3. The highest BCUT2D eigenvalue weighted by atomic mass is 16.5. The standard InChI is InChI=1S/C26H30N4O4/c31-24(27-11-13-28-14-16-34-17-15-28)20-9-7-19(8-10-20)18-30-22-5-2-1-4-21(22)25(32)29-12-3-6-23(29)26(30)33/h1-2,4-5,7-10,23H,3,6,11-18H2,(H,27,31). The topological polar surface area (TPSA) is 82.2 Å². The average molecular weight is 463 g/mol. The summed E-state index contributed by atoms with van der Waals surface area (Å²) in [7, 11) is 0. The summed E-state index contributed by atoms with van der Waals surface area (Å²) in [5.41, 5.74) is 2.71. The van der Waals surface area contributed by atoms with Crippen LogP contribution in [0.15, 0.2) is 48.5 Å². The highest BCUT2D eigenvalue weighted by Gasteiger charge is 2.41. The fraction of sp³-hybridized carbons (Fsp3) is 0.423. The maximum Gasteiger partial charge on any atom is 0.256 e. The minimum absolute atomic E-state index is 0.0410. The van der Waals surface area contributed by atoms with Crippen LogP contribution < -0.4 is 10.2 Å². The van der Waals surface area contributed by atoms with E-state index in [0.717, 1.165) is 44.8 Å². The minimum Gasteiger partial charge on any atom is -0.379 e. The molecule has 1 atom stereocenters. The largest absolute Gasteiger partial charge is 0.379 e. The zero-order valence-electron chi connectivity index (χ0n) is 19.2. The van der Waals surface area contributed by atoms with Gasteiger partial charge in [-0.1, -0.05) is 24.3 Å². The lowest BCUT2D eigenvalue weighted by Gasteiger charge is -2.26. The van der Waals surface area contributed by atoms with Crippen LogP contribution in [0.2, 0.25) is 0 Å². The van der Waals surface area contributed by atoms with Crippen LogP contribution in [0.1, 0.15) is 39.1 Å². The molecule has 2 fully saturated rings. The number of fused-ring (bicyclic) bond motifs is 2. The fourth-order valence-corrected chi connectivity index (χ4v) is 4.97. The number of nitrogens with zero attached hydrogens (tertiary/aromatic N) is 3. The highest BCUT2D eigenvalue weighted by Crippen LogP contribution is 2.33. The quantitative estimate of drug-likeness (QED) is 0.709. The Labute approximate surface area is 199 Å². The van der Waals surface area contributed by atoms with Gasteiger partial charge in [-0.25, -0.2) is 0 Å². The second kappa shape index (κ2) is 9.95. The van der Waals surface area contributed by atoms with Crippen molar-refractivity contribution >= 4 is 23.4 Å². The molecule has 5 rings (SSSR count). The predicted molar refractivity (Wildman–Crippen MR) is 128 cm³/mol. The first-order chi connectivity index (χ1) is 16.6. The molecule has 8 nitrogen and oxygen atoms in total. The molecule has 3 heterocycles. The molecule has 3 aliphatic rings. The Morgan fingerprint density at radius 1 is 1.00 bits per heavy atom. The van der Waals surface area contributed by atoms with Crippen molar-refractivity contribution in [3.05, 3.63) is 65.2 Å². The summed E-state index contributed by atoms with van der Waals surface area (Å²) in [5.74, 6) is -0.220. The second-order valence-corrected chi connectivity index (χ2v) is 9.00. The number of para-hydroxylation sites is 1. The van der Waals surface area contributed by atoms with Crippen molar-refractivity contribution in [3.8, 4) is 0 Å². The second-order valence-electron chi connectivity index (χ2n) is 9.00. The number of benzene rings is 2. The Bertz CT molecular complexity index is 1060. The van der Waals surface area contributed by atoms with Crippen molar-refractivity contribution in [1.29, 1.82) is 0 Å². The summed E-state index contributed by atoms with van der Waals surface area (Å²) >= 11 is 0. The van der Waals surface area contributed by atoms with Crippen molar-refractivity contribution in [2.75, 3.05) is 50.8 Å². The summed E-state index contributed by atoms with van der Waals surface area (Å²) in [6.45, 7) is 5.64. The van der Waals surface area contributed by atoms with Gasteiger partial charge >= 0.3 is 0 Å². The SMILES string of the molecule is O=C(NCCN1CCOCC1)c1ccc(CN2C(=O)C3CCCN3C(=O)c3ccccc32)cc1. The molecule has 0 aliphatic carbocycles. The van der Waals surface area contributed by atoms with Crippen molar-refractivity contribution in [2.45, 2.75) is 25.4 Å². The summed E-state index contributed by atoms with van der Waals surface area (Å²) in [4.78, 5) is 44.7. The molecular formula is C26H30N4O4. The Balaban J connectivity index is 1.26. The van der Waals surface area contributed by atoms with Gasteiger partial charge in [-0.2, -0.15) is 0 Å². The van der Waals surface area contributed by atoms with E-state index in [1.807, 2.05) is 30.3 Å². The molecule has 34 heavy (non-hydrogen) atoms. The first-order valence-corrected chi connectivity index (χ1v) is 12.0. The molecule has 2 aromatic carbocycles. The van der Waals surface area contributed by atoms with Crippen molar-refractivity contribution < 1.29 is 19.1 Å². The molecule has 0 saturated carbocycles. The van der Waals surface area contributed by atoms with Gasteiger partial charge in [0, 0.05) is 38.3 Å². The maximum absolute atomic E-state index is 13.4. The van der Waals surface area contributed by atoms with Crippen molar-refractivity contribution in [2.24, 2.45) is 0 Å². The number of amides is 3.